The summed E-state index contributed by atoms with van der Waals surface area (Å²) in [6.45, 7) is 8.53. The van der Waals surface area contributed by atoms with E-state index in [0.29, 0.717) is 0 Å². The average Bonchev–Trinajstić information content (AvgIpc) is 2.60. The van der Waals surface area contributed by atoms with Crippen molar-refractivity contribution in [3.05, 3.63) is 59.1 Å². The molecule has 1 saturated heterocycles. The number of halogens is 1. The van der Waals surface area contributed by atoms with Gasteiger partial charge in [0, 0.05) is 36.9 Å². The number of nitrogens with one attached hydrogen (secondary N) is 1. The quantitative estimate of drug-likeness (QED) is 0.786. The van der Waals surface area contributed by atoms with Crippen LogP contribution in [0.2, 0.25) is 5.02 Å². The monoisotopic (exact) mass is 358 g/mol. The first kappa shape index (κ1) is 18.1. The number of piperidine rings is 1. The van der Waals surface area contributed by atoms with Gasteiger partial charge in [0.2, 0.25) is 0 Å². The third-order valence-electron chi connectivity index (χ3n) is 4.98. The zero-order chi connectivity index (χ0) is 17.7. The Bertz CT molecular complexity index is 679. The predicted octanol–water partition coefficient (Wildman–Crippen LogP) is 4.99. The van der Waals surface area contributed by atoms with Gasteiger partial charge in [-0.15, -0.1) is 0 Å². The first-order valence-corrected chi connectivity index (χ1v) is 9.38. The SMILES string of the molecule is Cc1ccccc1NCCN1CCC(C)(Oc2ccc(Cl)cc2)CC1. The first-order chi connectivity index (χ1) is 12.0. The fourth-order valence-electron chi connectivity index (χ4n) is 3.26. The van der Waals surface area contributed by atoms with Gasteiger partial charge < -0.3 is 15.0 Å². The first-order valence-electron chi connectivity index (χ1n) is 9.01. The van der Waals surface area contributed by atoms with Gasteiger partial charge in [-0.3, -0.25) is 0 Å². The van der Waals surface area contributed by atoms with E-state index in [9.17, 15) is 0 Å². The molecule has 2 aromatic carbocycles. The van der Waals surface area contributed by atoms with Crippen molar-refractivity contribution in [2.24, 2.45) is 0 Å². The zero-order valence-corrected chi connectivity index (χ0v) is 15.9. The van der Waals surface area contributed by atoms with Crippen molar-refractivity contribution in [3.63, 3.8) is 0 Å². The van der Waals surface area contributed by atoms with Crippen LogP contribution in [0, 0.1) is 6.92 Å². The van der Waals surface area contributed by atoms with E-state index >= 15 is 0 Å². The molecule has 134 valence electrons. The number of ether oxygens (including phenoxy) is 1. The summed E-state index contributed by atoms with van der Waals surface area (Å²) in [6.07, 6.45) is 2.08. The van der Waals surface area contributed by atoms with Gasteiger partial charge in [-0.1, -0.05) is 29.8 Å². The second kappa shape index (κ2) is 8.11. The molecule has 0 spiro atoms. The summed E-state index contributed by atoms with van der Waals surface area (Å²) in [4.78, 5) is 2.51. The van der Waals surface area contributed by atoms with Gasteiger partial charge in [-0.25, -0.2) is 0 Å². The molecule has 1 fully saturated rings. The number of para-hydroxylation sites is 1. The van der Waals surface area contributed by atoms with E-state index in [2.05, 4.69) is 48.3 Å². The molecule has 0 aromatic heterocycles. The molecule has 0 saturated carbocycles. The number of anilines is 1. The van der Waals surface area contributed by atoms with E-state index in [1.807, 2.05) is 24.3 Å². The number of nitrogens with zero attached hydrogens (tertiary/aromatic N) is 1. The lowest BCUT2D eigenvalue weighted by Gasteiger charge is -2.39. The average molecular weight is 359 g/mol. The third kappa shape index (κ3) is 5.13. The standard InChI is InChI=1S/C21H27ClN2O/c1-17-5-3-4-6-20(17)23-13-16-24-14-11-21(2,12-15-24)25-19-9-7-18(22)8-10-19/h3-10,23H,11-16H2,1-2H3. The second-order valence-corrected chi connectivity index (χ2v) is 7.53. The Kier molecular flexibility index (Phi) is 5.87. The van der Waals surface area contributed by atoms with Crippen LogP contribution >= 0.6 is 11.6 Å². The highest BCUT2D eigenvalue weighted by atomic mass is 35.5. The van der Waals surface area contributed by atoms with Crippen molar-refractivity contribution in [1.29, 1.82) is 0 Å². The van der Waals surface area contributed by atoms with Gasteiger partial charge >= 0.3 is 0 Å². The largest absolute Gasteiger partial charge is 0.487 e. The van der Waals surface area contributed by atoms with Crippen LogP contribution in [0.3, 0.4) is 0 Å². The third-order valence-corrected chi connectivity index (χ3v) is 5.23. The van der Waals surface area contributed by atoms with Crippen LogP contribution in [0.4, 0.5) is 5.69 Å². The molecule has 0 bridgehead atoms. The predicted molar refractivity (Wildman–Crippen MR) is 106 cm³/mol. The smallest absolute Gasteiger partial charge is 0.120 e. The van der Waals surface area contributed by atoms with Crippen LogP contribution in [0.25, 0.3) is 0 Å². The molecule has 1 aliphatic rings. The molecule has 1 aliphatic heterocycles. The molecule has 0 radical (unpaired) electrons. The molecule has 0 unspecified atom stereocenters. The molecule has 3 nitrogen and oxygen atoms in total. The van der Waals surface area contributed by atoms with Crippen LogP contribution in [0.1, 0.15) is 25.3 Å². The lowest BCUT2D eigenvalue weighted by molar-refractivity contribution is 0.0179. The molecule has 1 N–H and O–H groups in total. The van der Waals surface area contributed by atoms with E-state index in [1.54, 1.807) is 0 Å². The number of hydrogen-bond acceptors (Lipinski definition) is 3. The zero-order valence-electron chi connectivity index (χ0n) is 15.1. The number of aryl methyl sites for hydroxylation is 1. The minimum atomic E-state index is -0.0895. The van der Waals surface area contributed by atoms with Crippen molar-refractivity contribution in [1.82, 2.24) is 4.90 Å². The van der Waals surface area contributed by atoms with E-state index in [4.69, 9.17) is 16.3 Å². The van der Waals surface area contributed by atoms with Crippen molar-refractivity contribution in [2.45, 2.75) is 32.3 Å². The summed E-state index contributed by atoms with van der Waals surface area (Å²) in [7, 11) is 0. The van der Waals surface area contributed by atoms with Gasteiger partial charge in [0.25, 0.3) is 0 Å². The van der Waals surface area contributed by atoms with Crippen LogP contribution < -0.4 is 10.1 Å². The van der Waals surface area contributed by atoms with Crippen LogP contribution in [-0.4, -0.2) is 36.7 Å². The highest BCUT2D eigenvalue weighted by Gasteiger charge is 2.31. The molecule has 25 heavy (non-hydrogen) atoms. The highest BCUT2D eigenvalue weighted by molar-refractivity contribution is 6.30. The van der Waals surface area contributed by atoms with Gasteiger partial charge in [-0.05, 0) is 62.6 Å². The minimum absolute atomic E-state index is 0.0895. The lowest BCUT2D eigenvalue weighted by Crippen LogP contribution is -2.47. The summed E-state index contributed by atoms with van der Waals surface area (Å²) >= 11 is 5.94. The number of benzene rings is 2. The molecule has 1 heterocycles. The molecule has 0 atom stereocenters. The molecule has 3 rings (SSSR count). The van der Waals surface area contributed by atoms with Crippen LogP contribution in [0.15, 0.2) is 48.5 Å². The molecular weight excluding hydrogens is 332 g/mol. The summed E-state index contributed by atoms with van der Waals surface area (Å²) < 4.78 is 6.23. The van der Waals surface area contributed by atoms with Crippen molar-refractivity contribution in [3.8, 4) is 5.75 Å². The fraction of sp³-hybridized carbons (Fsp3) is 0.429. The Morgan fingerprint density at radius 1 is 1.08 bits per heavy atom. The van der Waals surface area contributed by atoms with Gasteiger partial charge in [0.1, 0.15) is 11.4 Å². The Morgan fingerprint density at radius 3 is 2.44 bits per heavy atom. The number of likely N-dealkylation sites (tertiary alicyclic amines) is 1. The van der Waals surface area contributed by atoms with Gasteiger partial charge in [0.05, 0.1) is 0 Å². The van der Waals surface area contributed by atoms with Gasteiger partial charge in [-0.2, -0.15) is 0 Å². The highest BCUT2D eigenvalue weighted by Crippen LogP contribution is 2.29. The van der Waals surface area contributed by atoms with E-state index in [1.165, 1.54) is 11.3 Å². The summed E-state index contributed by atoms with van der Waals surface area (Å²) in [5.41, 5.74) is 2.44. The molecule has 2 aromatic rings. The van der Waals surface area contributed by atoms with E-state index < -0.39 is 0 Å². The maximum absolute atomic E-state index is 6.23. The minimum Gasteiger partial charge on any atom is -0.487 e. The van der Waals surface area contributed by atoms with Gasteiger partial charge in [0.15, 0.2) is 0 Å². The molecular formula is C21H27ClN2O. The fourth-order valence-corrected chi connectivity index (χ4v) is 3.38. The molecule has 0 amide bonds. The summed E-state index contributed by atoms with van der Waals surface area (Å²) in [6, 6.07) is 16.1. The van der Waals surface area contributed by atoms with Crippen molar-refractivity contribution >= 4 is 17.3 Å². The summed E-state index contributed by atoms with van der Waals surface area (Å²) in [5.74, 6) is 0.904. The normalized spacial score (nSPS) is 17.2. The maximum Gasteiger partial charge on any atom is 0.120 e. The Labute approximate surface area is 155 Å². The van der Waals surface area contributed by atoms with Crippen molar-refractivity contribution in [2.75, 3.05) is 31.5 Å². The number of hydrogen-bond donors (Lipinski definition) is 1. The van der Waals surface area contributed by atoms with E-state index in [-0.39, 0.29) is 5.60 Å². The van der Waals surface area contributed by atoms with Crippen LogP contribution in [0.5, 0.6) is 5.75 Å². The lowest BCUT2D eigenvalue weighted by atomic mass is 9.93. The Balaban J connectivity index is 1.43. The number of rotatable bonds is 6. The summed E-state index contributed by atoms with van der Waals surface area (Å²) in [5, 5.41) is 4.28. The maximum atomic E-state index is 6.23. The van der Waals surface area contributed by atoms with Crippen molar-refractivity contribution < 1.29 is 4.74 Å². The molecule has 4 heteroatoms. The van der Waals surface area contributed by atoms with E-state index in [0.717, 1.165) is 49.8 Å². The Morgan fingerprint density at radius 2 is 1.76 bits per heavy atom. The topological polar surface area (TPSA) is 24.5 Å². The molecule has 0 aliphatic carbocycles. The second-order valence-electron chi connectivity index (χ2n) is 7.09. The van der Waals surface area contributed by atoms with Crippen LogP contribution in [-0.2, 0) is 0 Å². The Hall–Kier alpha value is -1.71.